The first-order chi connectivity index (χ1) is 16.3. The average molecular weight is 469 g/mol. The number of halogens is 3. The number of hydrogen-bond acceptors (Lipinski definition) is 5. The van der Waals surface area contributed by atoms with Crippen molar-refractivity contribution >= 4 is 23.1 Å². The number of carbonyl (C=O) groups is 2. The first-order valence-corrected chi connectivity index (χ1v) is 10.0. The standard InChI is InChI=1S/C25H18F3NO5/c1-33-16-8-10-20(34-2)17(12-16)23(30)21-22(13-3-5-14(26)6-4-13)29(25(32)24(21)31)15-7-9-18(27)19(28)11-15/h3-12,22,30H,1-2H3/b23-21+. The molecule has 9 heteroatoms. The normalized spacial score (nSPS) is 17.2. The minimum absolute atomic E-state index is 0.0669. The Balaban J connectivity index is 1.99. The summed E-state index contributed by atoms with van der Waals surface area (Å²) in [6.07, 6.45) is 0. The van der Waals surface area contributed by atoms with Crippen LogP contribution >= 0.6 is 0 Å². The Labute approximate surface area is 192 Å². The van der Waals surface area contributed by atoms with E-state index >= 15 is 0 Å². The highest BCUT2D eigenvalue weighted by atomic mass is 19.2. The topological polar surface area (TPSA) is 76.1 Å². The Morgan fingerprint density at radius 1 is 0.882 bits per heavy atom. The van der Waals surface area contributed by atoms with Gasteiger partial charge in [-0.2, -0.15) is 0 Å². The number of anilines is 1. The van der Waals surface area contributed by atoms with Gasteiger partial charge in [-0.05, 0) is 48.0 Å². The van der Waals surface area contributed by atoms with Gasteiger partial charge in [0.25, 0.3) is 11.7 Å². The number of ether oxygens (including phenoxy) is 2. The molecule has 1 heterocycles. The summed E-state index contributed by atoms with van der Waals surface area (Å²) in [7, 11) is 2.77. The maximum atomic E-state index is 14.0. The van der Waals surface area contributed by atoms with E-state index in [1.807, 2.05) is 0 Å². The second-order valence-electron chi connectivity index (χ2n) is 7.39. The summed E-state index contributed by atoms with van der Waals surface area (Å²) in [5.41, 5.74) is -0.133. The van der Waals surface area contributed by atoms with Crippen LogP contribution in [-0.2, 0) is 9.59 Å². The van der Waals surface area contributed by atoms with Crippen molar-refractivity contribution in [2.75, 3.05) is 19.1 Å². The number of ketones is 1. The van der Waals surface area contributed by atoms with Crippen LogP contribution in [0.2, 0.25) is 0 Å². The number of methoxy groups -OCH3 is 2. The SMILES string of the molecule is COc1ccc(OC)c(/C(O)=C2\C(=O)C(=O)N(c3ccc(F)c(F)c3)C2c2ccc(F)cc2)c1. The molecule has 0 spiro atoms. The van der Waals surface area contributed by atoms with Crippen LogP contribution in [0.3, 0.4) is 0 Å². The molecule has 6 nitrogen and oxygen atoms in total. The Morgan fingerprint density at radius 2 is 1.59 bits per heavy atom. The fraction of sp³-hybridized carbons (Fsp3) is 0.120. The predicted octanol–water partition coefficient (Wildman–Crippen LogP) is 4.75. The number of aliphatic hydroxyl groups excluding tert-OH is 1. The quantitative estimate of drug-likeness (QED) is 0.332. The van der Waals surface area contributed by atoms with Crippen molar-refractivity contribution < 1.29 is 37.3 Å². The van der Waals surface area contributed by atoms with Crippen molar-refractivity contribution in [2.45, 2.75) is 6.04 Å². The number of nitrogens with zero attached hydrogens (tertiary/aromatic N) is 1. The van der Waals surface area contributed by atoms with Crippen LogP contribution in [0.15, 0.2) is 66.2 Å². The lowest BCUT2D eigenvalue weighted by Crippen LogP contribution is -2.29. The highest BCUT2D eigenvalue weighted by Gasteiger charge is 2.47. The predicted molar refractivity (Wildman–Crippen MR) is 117 cm³/mol. The van der Waals surface area contributed by atoms with Gasteiger partial charge in [-0.3, -0.25) is 14.5 Å². The molecule has 1 aliphatic heterocycles. The average Bonchev–Trinajstić information content (AvgIpc) is 3.10. The summed E-state index contributed by atoms with van der Waals surface area (Å²) in [6, 6.07) is 10.8. The van der Waals surface area contributed by atoms with Crippen LogP contribution in [0, 0.1) is 17.5 Å². The second-order valence-corrected chi connectivity index (χ2v) is 7.39. The summed E-state index contributed by atoms with van der Waals surface area (Å²) in [5, 5.41) is 11.2. The largest absolute Gasteiger partial charge is 0.507 e. The molecular weight excluding hydrogens is 451 g/mol. The number of Topliss-reactive ketones (excluding diaryl/α,β-unsaturated/α-hetero) is 1. The van der Waals surface area contributed by atoms with Gasteiger partial charge in [0.05, 0.1) is 31.4 Å². The molecule has 0 aromatic heterocycles. The van der Waals surface area contributed by atoms with Gasteiger partial charge in [0.1, 0.15) is 23.1 Å². The number of benzene rings is 3. The van der Waals surface area contributed by atoms with Gasteiger partial charge >= 0.3 is 0 Å². The van der Waals surface area contributed by atoms with E-state index in [1.54, 1.807) is 6.07 Å². The zero-order chi connectivity index (χ0) is 24.6. The molecule has 1 fully saturated rings. The molecule has 4 rings (SSSR count). The van der Waals surface area contributed by atoms with Crippen molar-refractivity contribution in [3.05, 3.63) is 94.8 Å². The molecule has 0 radical (unpaired) electrons. The first-order valence-electron chi connectivity index (χ1n) is 10.0. The minimum atomic E-state index is -1.26. The molecule has 1 unspecified atom stereocenters. The molecule has 1 saturated heterocycles. The lowest BCUT2D eigenvalue weighted by molar-refractivity contribution is -0.132. The van der Waals surface area contributed by atoms with E-state index in [1.165, 1.54) is 38.5 Å². The van der Waals surface area contributed by atoms with Gasteiger partial charge in [-0.1, -0.05) is 12.1 Å². The molecule has 0 bridgehead atoms. The van der Waals surface area contributed by atoms with E-state index in [-0.39, 0.29) is 28.1 Å². The third-order valence-corrected chi connectivity index (χ3v) is 5.47. The van der Waals surface area contributed by atoms with Crippen LogP contribution in [0.25, 0.3) is 5.76 Å². The van der Waals surface area contributed by atoms with Crippen LogP contribution in [0.5, 0.6) is 11.5 Å². The summed E-state index contributed by atoms with van der Waals surface area (Å²) in [4.78, 5) is 27.1. The fourth-order valence-corrected chi connectivity index (χ4v) is 3.84. The number of amides is 1. The monoisotopic (exact) mass is 469 g/mol. The Kier molecular flexibility index (Phi) is 6.02. The van der Waals surface area contributed by atoms with Crippen molar-refractivity contribution in [2.24, 2.45) is 0 Å². The molecule has 0 saturated carbocycles. The Bertz CT molecular complexity index is 1320. The summed E-state index contributed by atoms with van der Waals surface area (Å²) in [5.74, 6) is -5.13. The molecule has 0 aliphatic carbocycles. The second kappa shape index (κ2) is 8.93. The van der Waals surface area contributed by atoms with Gasteiger partial charge < -0.3 is 14.6 Å². The third-order valence-electron chi connectivity index (χ3n) is 5.47. The maximum absolute atomic E-state index is 14.0. The van der Waals surface area contributed by atoms with Crippen molar-refractivity contribution in [3.8, 4) is 11.5 Å². The van der Waals surface area contributed by atoms with Crippen molar-refractivity contribution in [1.82, 2.24) is 0 Å². The molecule has 3 aromatic carbocycles. The van der Waals surface area contributed by atoms with E-state index in [0.29, 0.717) is 5.75 Å². The molecule has 1 N–H and O–H groups in total. The van der Waals surface area contributed by atoms with Gasteiger partial charge in [0.15, 0.2) is 11.6 Å². The summed E-state index contributed by atoms with van der Waals surface area (Å²) in [6.45, 7) is 0. The summed E-state index contributed by atoms with van der Waals surface area (Å²) < 4.78 is 51.6. The minimum Gasteiger partial charge on any atom is -0.507 e. The smallest absolute Gasteiger partial charge is 0.300 e. The lowest BCUT2D eigenvalue weighted by Gasteiger charge is -2.25. The van der Waals surface area contributed by atoms with Crippen LogP contribution in [-0.4, -0.2) is 31.0 Å². The van der Waals surface area contributed by atoms with Gasteiger partial charge in [0, 0.05) is 11.8 Å². The Hall–Kier alpha value is -4.27. The number of hydrogen-bond donors (Lipinski definition) is 1. The highest BCUT2D eigenvalue weighted by molar-refractivity contribution is 6.51. The van der Waals surface area contributed by atoms with E-state index in [0.717, 1.165) is 35.2 Å². The molecule has 1 atom stereocenters. The maximum Gasteiger partial charge on any atom is 0.300 e. The highest BCUT2D eigenvalue weighted by Crippen LogP contribution is 2.44. The molecular formula is C25H18F3NO5. The molecule has 1 aliphatic rings. The first kappa shape index (κ1) is 22.9. The molecule has 174 valence electrons. The van der Waals surface area contributed by atoms with E-state index in [4.69, 9.17) is 9.47 Å². The Morgan fingerprint density at radius 3 is 2.21 bits per heavy atom. The van der Waals surface area contributed by atoms with Crippen LogP contribution in [0.4, 0.5) is 18.9 Å². The number of rotatable bonds is 5. The van der Waals surface area contributed by atoms with Gasteiger partial charge in [0.2, 0.25) is 0 Å². The molecule has 3 aromatic rings. The number of aliphatic hydroxyl groups is 1. The van der Waals surface area contributed by atoms with Gasteiger partial charge in [-0.15, -0.1) is 0 Å². The van der Waals surface area contributed by atoms with Crippen LogP contribution < -0.4 is 14.4 Å². The van der Waals surface area contributed by atoms with Crippen LogP contribution in [0.1, 0.15) is 17.2 Å². The third kappa shape index (κ3) is 3.85. The van der Waals surface area contributed by atoms with Crippen molar-refractivity contribution in [3.63, 3.8) is 0 Å². The number of carbonyl (C=O) groups excluding carboxylic acids is 2. The van der Waals surface area contributed by atoms with E-state index < -0.39 is 40.9 Å². The van der Waals surface area contributed by atoms with Crippen molar-refractivity contribution in [1.29, 1.82) is 0 Å². The van der Waals surface area contributed by atoms with E-state index in [9.17, 15) is 27.9 Å². The zero-order valence-electron chi connectivity index (χ0n) is 18.0. The fourth-order valence-electron chi connectivity index (χ4n) is 3.84. The molecule has 34 heavy (non-hydrogen) atoms. The lowest BCUT2D eigenvalue weighted by atomic mass is 9.94. The summed E-state index contributed by atoms with van der Waals surface area (Å²) >= 11 is 0. The zero-order valence-corrected chi connectivity index (χ0v) is 18.0. The molecule has 1 amide bonds. The van der Waals surface area contributed by atoms with Gasteiger partial charge in [-0.25, -0.2) is 13.2 Å². The van der Waals surface area contributed by atoms with E-state index in [2.05, 4.69) is 0 Å².